The zero-order valence-electron chi connectivity index (χ0n) is 26.2. The highest BCUT2D eigenvalue weighted by molar-refractivity contribution is 7.52. The van der Waals surface area contributed by atoms with E-state index in [-0.39, 0.29) is 47.9 Å². The highest BCUT2D eigenvalue weighted by Gasteiger charge is 2.61. The summed E-state index contributed by atoms with van der Waals surface area (Å²) in [6.45, 7) is 7.06. The summed E-state index contributed by atoms with van der Waals surface area (Å²) in [5, 5.41) is 15.6. The number of benzene rings is 2. The molecule has 1 aliphatic rings. The van der Waals surface area contributed by atoms with E-state index in [1.807, 2.05) is 32.0 Å². The number of aromatic nitrogens is 4. The molecule has 4 aromatic rings. The summed E-state index contributed by atoms with van der Waals surface area (Å²) in [6, 6.07) is 11.2. The number of fused-ring (bicyclic) bond motifs is 2. The Bertz CT molecular complexity index is 1760. The summed E-state index contributed by atoms with van der Waals surface area (Å²) in [5.74, 6) is -0.469. The Morgan fingerprint density at radius 1 is 1.24 bits per heavy atom. The quantitative estimate of drug-likeness (QED) is 0.136. The van der Waals surface area contributed by atoms with Crippen molar-refractivity contribution in [2.24, 2.45) is 5.92 Å². The van der Waals surface area contributed by atoms with Gasteiger partial charge in [0.25, 0.3) is 0 Å². The zero-order valence-corrected chi connectivity index (χ0v) is 27.1. The first-order valence-corrected chi connectivity index (χ1v) is 16.3. The van der Waals surface area contributed by atoms with Crippen LogP contribution in [0.5, 0.6) is 11.6 Å². The van der Waals surface area contributed by atoms with E-state index in [0.29, 0.717) is 5.39 Å². The van der Waals surface area contributed by atoms with Crippen LogP contribution in [0.15, 0.2) is 48.8 Å². The Labute approximate surface area is 264 Å². The largest absolute Gasteiger partial charge is 0.476 e. The van der Waals surface area contributed by atoms with Crippen molar-refractivity contribution in [2.75, 3.05) is 32.2 Å². The molecule has 0 radical (unpaired) electrons. The third-order valence-corrected chi connectivity index (χ3v) is 9.11. The van der Waals surface area contributed by atoms with Gasteiger partial charge in [-0.2, -0.15) is 15.1 Å². The molecule has 5 atom stereocenters. The van der Waals surface area contributed by atoms with Crippen LogP contribution in [0.3, 0.4) is 0 Å². The topological polar surface area (TPSA) is 182 Å². The fourth-order valence-electron chi connectivity index (χ4n) is 4.93. The molecule has 0 amide bonds. The second-order valence-corrected chi connectivity index (χ2v) is 13.3. The average Bonchev–Trinajstić information content (AvgIpc) is 3.52. The normalized spacial score (nSPS) is 23.4. The molecule has 46 heavy (non-hydrogen) atoms. The van der Waals surface area contributed by atoms with Crippen LogP contribution in [-0.4, -0.2) is 74.3 Å². The van der Waals surface area contributed by atoms with Gasteiger partial charge in [0, 0.05) is 5.39 Å². The minimum atomic E-state index is -4.50. The van der Waals surface area contributed by atoms with E-state index < -0.39 is 50.5 Å². The molecule has 1 saturated heterocycles. The van der Waals surface area contributed by atoms with Crippen LogP contribution in [0.2, 0.25) is 0 Å². The molecule has 3 unspecified atom stereocenters. The van der Waals surface area contributed by atoms with Crippen molar-refractivity contribution in [2.45, 2.75) is 58.2 Å². The highest BCUT2D eigenvalue weighted by atomic mass is 31.2. The maximum Gasteiger partial charge on any atom is 0.459 e. The molecule has 0 spiro atoms. The standard InChI is InChI=1S/C30H38FN6O8P/c1-6-41-25-23-24(34-28(32)35-25)37(17-33-23)27-29(5,31)30(39,15-43-27)16-44-46(40,36-19(4)26(38)42-14-18(2)3)45-22-13-9-11-20-10-7-8-12-21(20)22/h7-13,17-19,27,39H,6,14-16H2,1-5H3,(H,36,40)(H2,32,34,35)/t19?,27-,29+,30?,46?/m1/s1. The number of hydrogen-bond donors (Lipinski definition) is 3. The molecule has 1 aliphatic heterocycles. The van der Waals surface area contributed by atoms with Gasteiger partial charge in [-0.15, -0.1) is 0 Å². The number of nitrogens with two attached hydrogens (primary N) is 1. The number of aliphatic hydroxyl groups is 1. The number of ether oxygens (including phenoxy) is 3. The van der Waals surface area contributed by atoms with Gasteiger partial charge >= 0.3 is 13.7 Å². The van der Waals surface area contributed by atoms with Gasteiger partial charge in [-0.3, -0.25) is 13.9 Å². The lowest BCUT2D eigenvalue weighted by atomic mass is 9.88. The van der Waals surface area contributed by atoms with Crippen molar-refractivity contribution in [1.29, 1.82) is 0 Å². The predicted molar refractivity (Wildman–Crippen MR) is 167 cm³/mol. The van der Waals surface area contributed by atoms with Crippen LogP contribution in [-0.2, 0) is 23.4 Å². The number of nitrogen functional groups attached to an aromatic ring is 1. The van der Waals surface area contributed by atoms with Gasteiger partial charge < -0.3 is 29.6 Å². The van der Waals surface area contributed by atoms with Crippen molar-refractivity contribution < 1.29 is 42.1 Å². The lowest BCUT2D eigenvalue weighted by Crippen LogP contribution is -2.53. The molecule has 2 aromatic heterocycles. The smallest absolute Gasteiger partial charge is 0.459 e. The van der Waals surface area contributed by atoms with Crippen LogP contribution in [0, 0.1) is 5.92 Å². The van der Waals surface area contributed by atoms with Gasteiger partial charge in [-0.05, 0) is 38.1 Å². The maximum absolute atomic E-state index is 16.7. The highest BCUT2D eigenvalue weighted by Crippen LogP contribution is 2.51. The van der Waals surface area contributed by atoms with Crippen LogP contribution in [0.4, 0.5) is 10.3 Å². The summed E-state index contributed by atoms with van der Waals surface area (Å²) in [6.07, 6.45) is -0.178. The number of halogens is 1. The van der Waals surface area contributed by atoms with Crippen LogP contribution < -0.4 is 20.1 Å². The number of carbonyl (C=O) groups excluding carboxylic acids is 1. The van der Waals surface area contributed by atoms with Crippen molar-refractivity contribution >= 4 is 41.6 Å². The van der Waals surface area contributed by atoms with Gasteiger partial charge in [0.1, 0.15) is 17.4 Å². The third kappa shape index (κ3) is 6.65. The van der Waals surface area contributed by atoms with E-state index >= 15 is 4.39 Å². The first-order valence-electron chi connectivity index (χ1n) is 14.8. The first kappa shape index (κ1) is 33.5. The van der Waals surface area contributed by atoms with Crippen molar-refractivity contribution in [3.63, 3.8) is 0 Å². The maximum atomic E-state index is 16.7. The van der Waals surface area contributed by atoms with Crippen molar-refractivity contribution in [1.82, 2.24) is 24.6 Å². The van der Waals surface area contributed by atoms with Crippen LogP contribution in [0.1, 0.15) is 40.8 Å². The fraction of sp³-hybridized carbons (Fsp3) is 0.467. The molecule has 3 heterocycles. The molecule has 248 valence electrons. The summed E-state index contributed by atoms with van der Waals surface area (Å²) in [4.78, 5) is 25.2. The predicted octanol–water partition coefficient (Wildman–Crippen LogP) is 4.33. The minimum absolute atomic E-state index is 0.0687. The summed E-state index contributed by atoms with van der Waals surface area (Å²) >= 11 is 0. The second-order valence-electron chi connectivity index (χ2n) is 11.6. The second kappa shape index (κ2) is 13.1. The average molecular weight is 661 g/mol. The molecule has 14 nitrogen and oxygen atoms in total. The molecule has 16 heteroatoms. The fourth-order valence-corrected chi connectivity index (χ4v) is 6.50. The monoisotopic (exact) mass is 660 g/mol. The third-order valence-electron chi connectivity index (χ3n) is 7.50. The molecule has 4 N–H and O–H groups in total. The molecule has 0 aliphatic carbocycles. The summed E-state index contributed by atoms with van der Waals surface area (Å²) in [5.41, 5.74) is 1.29. The van der Waals surface area contributed by atoms with E-state index in [4.69, 9.17) is 29.0 Å². The van der Waals surface area contributed by atoms with E-state index in [2.05, 4.69) is 20.0 Å². The van der Waals surface area contributed by atoms with E-state index in [9.17, 15) is 14.5 Å². The Kier molecular flexibility index (Phi) is 9.52. The van der Waals surface area contributed by atoms with E-state index in [1.165, 1.54) is 17.8 Å². The number of imidazole rings is 1. The van der Waals surface area contributed by atoms with Crippen molar-refractivity contribution in [3.05, 3.63) is 48.8 Å². The summed E-state index contributed by atoms with van der Waals surface area (Å²) < 4.78 is 60.5. The summed E-state index contributed by atoms with van der Waals surface area (Å²) in [7, 11) is -4.50. The van der Waals surface area contributed by atoms with Crippen LogP contribution >= 0.6 is 7.75 Å². The number of rotatable bonds is 13. The number of carbonyl (C=O) groups is 1. The van der Waals surface area contributed by atoms with Gasteiger partial charge in [0.15, 0.2) is 23.1 Å². The molecule has 2 aromatic carbocycles. The number of nitrogens with zero attached hydrogens (tertiary/aromatic N) is 4. The number of anilines is 1. The van der Waals surface area contributed by atoms with E-state index in [0.717, 1.165) is 12.3 Å². The van der Waals surface area contributed by atoms with E-state index in [1.54, 1.807) is 31.2 Å². The number of alkyl halides is 1. The van der Waals surface area contributed by atoms with Gasteiger partial charge in [-0.25, -0.2) is 13.9 Å². The zero-order chi connectivity index (χ0) is 33.3. The molecule has 5 rings (SSSR count). The van der Waals surface area contributed by atoms with Crippen molar-refractivity contribution in [3.8, 4) is 11.6 Å². The Morgan fingerprint density at radius 2 is 1.98 bits per heavy atom. The molecule has 1 fully saturated rings. The van der Waals surface area contributed by atoms with Gasteiger partial charge in [-0.1, -0.05) is 50.2 Å². The Balaban J connectivity index is 1.42. The Hall–Kier alpha value is -3.88. The van der Waals surface area contributed by atoms with Gasteiger partial charge in [0.05, 0.1) is 32.8 Å². The Morgan fingerprint density at radius 3 is 2.72 bits per heavy atom. The first-order chi connectivity index (χ1) is 21.8. The number of nitrogens with one attached hydrogen (secondary N) is 1. The lowest BCUT2D eigenvalue weighted by Gasteiger charge is -2.34. The molecule has 0 bridgehead atoms. The molecular weight excluding hydrogens is 622 g/mol. The molecule has 0 saturated carbocycles. The van der Waals surface area contributed by atoms with Gasteiger partial charge in [0.2, 0.25) is 11.8 Å². The molecular formula is C30H38FN6O8P. The lowest BCUT2D eigenvalue weighted by molar-refractivity contribution is -0.146. The number of hydrogen-bond acceptors (Lipinski definition) is 12. The minimum Gasteiger partial charge on any atom is -0.476 e. The SMILES string of the molecule is CCOc1nc(N)nc2c1ncn2[C@@H]1OCC(O)(COP(=O)(NC(C)C(=O)OCC(C)C)Oc2cccc3ccccc23)[C@@]1(C)F. The number of esters is 1. The van der Waals surface area contributed by atoms with Crippen LogP contribution in [0.25, 0.3) is 21.9 Å².